The molecular formula is C19H17F3N6O3. The highest BCUT2D eigenvalue weighted by Crippen LogP contribution is 2.33. The molecule has 0 aliphatic rings. The van der Waals surface area contributed by atoms with Crippen molar-refractivity contribution in [3.63, 3.8) is 0 Å². The molecule has 3 rings (SSSR count). The lowest BCUT2D eigenvalue weighted by Gasteiger charge is -2.12. The third kappa shape index (κ3) is 4.79. The molecule has 0 fully saturated rings. The number of ether oxygens (including phenoxy) is 1. The quantitative estimate of drug-likeness (QED) is 0.617. The number of nitrogens with one attached hydrogen (secondary N) is 2. The molecule has 2 N–H and O–H groups in total. The number of halogens is 3. The molecule has 31 heavy (non-hydrogen) atoms. The highest BCUT2D eigenvalue weighted by molar-refractivity contribution is 6.06. The lowest BCUT2D eigenvalue weighted by molar-refractivity contribution is -0.143. The molecule has 0 saturated heterocycles. The monoisotopic (exact) mass is 434 g/mol. The predicted molar refractivity (Wildman–Crippen MR) is 103 cm³/mol. The number of nitrogens with zero attached hydrogens (tertiary/aromatic N) is 4. The van der Waals surface area contributed by atoms with Gasteiger partial charge in [-0.25, -0.2) is 4.68 Å². The summed E-state index contributed by atoms with van der Waals surface area (Å²) in [5.74, 6) is -1.56. The Kier molecular flexibility index (Phi) is 6.18. The Hall–Kier alpha value is -3.96. The molecule has 0 saturated carbocycles. The molecule has 0 atom stereocenters. The number of hydrogen-bond acceptors (Lipinski definition) is 6. The molecule has 12 heteroatoms. The third-order valence-corrected chi connectivity index (χ3v) is 4.05. The Morgan fingerprint density at radius 3 is 2.52 bits per heavy atom. The van der Waals surface area contributed by atoms with Gasteiger partial charge in [0.25, 0.3) is 11.8 Å². The Morgan fingerprint density at radius 2 is 1.90 bits per heavy atom. The van der Waals surface area contributed by atoms with E-state index in [1.54, 1.807) is 6.92 Å². The molecule has 0 aliphatic heterocycles. The molecule has 0 radical (unpaired) electrons. The smallest absolute Gasteiger partial charge is 0.434 e. The minimum absolute atomic E-state index is 0.106. The summed E-state index contributed by atoms with van der Waals surface area (Å²) < 4.78 is 46.6. The zero-order chi connectivity index (χ0) is 22.6. The van der Waals surface area contributed by atoms with Crippen LogP contribution in [0.4, 0.5) is 18.9 Å². The molecule has 2 heterocycles. The summed E-state index contributed by atoms with van der Waals surface area (Å²) in [4.78, 5) is 24.5. The summed E-state index contributed by atoms with van der Waals surface area (Å²) in [7, 11) is 1.34. The number of aromatic nitrogens is 4. The molecule has 1 aromatic carbocycles. The van der Waals surface area contributed by atoms with Gasteiger partial charge in [0.1, 0.15) is 0 Å². The predicted octanol–water partition coefficient (Wildman–Crippen LogP) is 2.69. The number of hydrogen-bond donors (Lipinski definition) is 2. The Balaban J connectivity index is 1.94. The number of rotatable bonds is 6. The van der Waals surface area contributed by atoms with Crippen LogP contribution in [0.25, 0.3) is 5.82 Å². The van der Waals surface area contributed by atoms with Gasteiger partial charge in [0.15, 0.2) is 11.5 Å². The fourth-order valence-corrected chi connectivity index (χ4v) is 2.70. The van der Waals surface area contributed by atoms with E-state index in [1.165, 1.54) is 43.5 Å². The average molecular weight is 434 g/mol. The van der Waals surface area contributed by atoms with Crippen molar-refractivity contribution in [1.29, 1.82) is 0 Å². The van der Waals surface area contributed by atoms with Crippen molar-refractivity contribution in [1.82, 2.24) is 25.3 Å². The van der Waals surface area contributed by atoms with Crippen LogP contribution in [0.2, 0.25) is 0 Å². The molecule has 9 nitrogen and oxygen atoms in total. The van der Waals surface area contributed by atoms with Gasteiger partial charge in [-0.2, -0.15) is 18.3 Å². The molecule has 0 aliphatic carbocycles. The van der Waals surface area contributed by atoms with E-state index < -0.39 is 23.3 Å². The highest BCUT2D eigenvalue weighted by Gasteiger charge is 2.41. The van der Waals surface area contributed by atoms with E-state index >= 15 is 0 Å². The summed E-state index contributed by atoms with van der Waals surface area (Å²) in [6, 6.07) is 8.37. The van der Waals surface area contributed by atoms with E-state index in [0.29, 0.717) is 11.2 Å². The maximum absolute atomic E-state index is 13.8. The zero-order valence-corrected chi connectivity index (χ0v) is 16.4. The largest absolute Gasteiger partial charge is 0.480 e. The van der Waals surface area contributed by atoms with Crippen molar-refractivity contribution in [2.75, 3.05) is 19.0 Å². The SMILES string of the molecule is CCNC(=O)c1cccc(NC(=O)c2cnn(-c3ccc(OC)nn3)c2C(F)(F)F)c1. The van der Waals surface area contributed by atoms with E-state index in [9.17, 15) is 22.8 Å². The van der Waals surface area contributed by atoms with Crippen molar-refractivity contribution in [3.8, 4) is 11.7 Å². The lowest BCUT2D eigenvalue weighted by Crippen LogP contribution is -2.23. The average Bonchev–Trinajstić information content (AvgIpc) is 3.20. The van der Waals surface area contributed by atoms with Crippen LogP contribution in [0.5, 0.6) is 5.88 Å². The number of benzene rings is 1. The second-order valence-corrected chi connectivity index (χ2v) is 6.14. The van der Waals surface area contributed by atoms with Crippen molar-refractivity contribution < 1.29 is 27.5 Å². The first-order valence-corrected chi connectivity index (χ1v) is 8.97. The van der Waals surface area contributed by atoms with E-state index in [4.69, 9.17) is 4.74 Å². The summed E-state index contributed by atoms with van der Waals surface area (Å²) in [6.45, 7) is 2.14. The number of anilines is 1. The molecular weight excluding hydrogens is 417 g/mol. The molecule has 162 valence electrons. The fourth-order valence-electron chi connectivity index (χ4n) is 2.70. The first kappa shape index (κ1) is 21.7. The number of carbonyl (C=O) groups is 2. The van der Waals surface area contributed by atoms with Crippen molar-refractivity contribution in [2.24, 2.45) is 0 Å². The van der Waals surface area contributed by atoms with Crippen LogP contribution in [0.1, 0.15) is 33.3 Å². The maximum atomic E-state index is 13.8. The second-order valence-electron chi connectivity index (χ2n) is 6.14. The summed E-state index contributed by atoms with van der Waals surface area (Å²) in [5.41, 5.74) is -1.63. The summed E-state index contributed by atoms with van der Waals surface area (Å²) in [5, 5.41) is 15.9. The number of carbonyl (C=O) groups excluding carboxylic acids is 2. The van der Waals surface area contributed by atoms with Gasteiger partial charge < -0.3 is 15.4 Å². The summed E-state index contributed by atoms with van der Waals surface area (Å²) in [6.07, 6.45) is -4.12. The standard InChI is InChI=1S/C19H17F3N6O3/c1-3-23-17(29)11-5-4-6-12(9-11)25-18(30)13-10-24-28(16(13)19(20,21)22)14-7-8-15(31-2)27-26-14/h4-10H,3H2,1-2H3,(H,23,29)(H,25,30). The second kappa shape index (κ2) is 8.81. The van der Waals surface area contributed by atoms with E-state index in [1.807, 2.05) is 0 Å². The van der Waals surface area contributed by atoms with Crippen LogP contribution >= 0.6 is 0 Å². The fraction of sp³-hybridized carbons (Fsp3) is 0.211. The maximum Gasteiger partial charge on any atom is 0.434 e. The first-order chi connectivity index (χ1) is 14.7. The van der Waals surface area contributed by atoms with Crippen LogP contribution in [0.15, 0.2) is 42.6 Å². The van der Waals surface area contributed by atoms with E-state index in [0.717, 1.165) is 6.20 Å². The highest BCUT2D eigenvalue weighted by atomic mass is 19.4. The van der Waals surface area contributed by atoms with Crippen LogP contribution in [0.3, 0.4) is 0 Å². The number of alkyl halides is 3. The molecule has 0 bridgehead atoms. The molecule has 0 unspecified atom stereocenters. The van der Waals surface area contributed by atoms with Gasteiger partial charge in [-0.3, -0.25) is 9.59 Å². The van der Waals surface area contributed by atoms with E-state index in [2.05, 4.69) is 25.9 Å². The zero-order valence-electron chi connectivity index (χ0n) is 16.4. The van der Waals surface area contributed by atoms with Gasteiger partial charge in [-0.15, -0.1) is 10.2 Å². The molecule has 2 aromatic heterocycles. The Bertz CT molecular complexity index is 1100. The lowest BCUT2D eigenvalue weighted by atomic mass is 10.1. The van der Waals surface area contributed by atoms with Crippen molar-refractivity contribution in [2.45, 2.75) is 13.1 Å². The molecule has 3 aromatic rings. The van der Waals surface area contributed by atoms with Gasteiger partial charge in [0.2, 0.25) is 5.88 Å². The van der Waals surface area contributed by atoms with Crippen LogP contribution < -0.4 is 15.4 Å². The summed E-state index contributed by atoms with van der Waals surface area (Å²) >= 11 is 0. The van der Waals surface area contributed by atoms with Gasteiger partial charge in [0.05, 0.1) is 18.9 Å². The Morgan fingerprint density at radius 1 is 1.13 bits per heavy atom. The number of methoxy groups -OCH3 is 1. The van der Waals surface area contributed by atoms with Gasteiger partial charge in [-0.05, 0) is 31.2 Å². The van der Waals surface area contributed by atoms with Crippen LogP contribution in [-0.2, 0) is 6.18 Å². The third-order valence-electron chi connectivity index (χ3n) is 4.05. The normalized spacial score (nSPS) is 11.1. The topological polar surface area (TPSA) is 111 Å². The minimum Gasteiger partial charge on any atom is -0.480 e. The van der Waals surface area contributed by atoms with Gasteiger partial charge >= 0.3 is 6.18 Å². The van der Waals surface area contributed by atoms with Crippen LogP contribution in [-0.4, -0.2) is 45.4 Å². The van der Waals surface area contributed by atoms with Crippen molar-refractivity contribution >= 4 is 17.5 Å². The first-order valence-electron chi connectivity index (χ1n) is 8.97. The minimum atomic E-state index is -4.91. The van der Waals surface area contributed by atoms with Crippen molar-refractivity contribution in [3.05, 3.63) is 59.4 Å². The molecule has 2 amide bonds. The molecule has 0 spiro atoms. The van der Waals surface area contributed by atoms with E-state index in [-0.39, 0.29) is 28.9 Å². The Labute approximate surface area is 174 Å². The van der Waals surface area contributed by atoms with Crippen LogP contribution in [0, 0.1) is 0 Å². The van der Waals surface area contributed by atoms with Gasteiger partial charge in [0, 0.05) is 23.9 Å². The number of amides is 2. The van der Waals surface area contributed by atoms with Gasteiger partial charge in [-0.1, -0.05) is 6.07 Å².